The number of likely N-dealkylation sites (tertiary alicyclic amines) is 1. The van der Waals surface area contributed by atoms with E-state index in [4.69, 9.17) is 9.47 Å². The van der Waals surface area contributed by atoms with Crippen molar-refractivity contribution in [3.63, 3.8) is 0 Å². The van der Waals surface area contributed by atoms with Crippen LogP contribution in [0, 0.1) is 16.0 Å². The Morgan fingerprint density at radius 1 is 1.26 bits per heavy atom. The molecule has 1 spiro atoms. The lowest BCUT2D eigenvalue weighted by molar-refractivity contribution is -0.384. The van der Waals surface area contributed by atoms with Gasteiger partial charge in [-0.25, -0.2) is 0 Å². The van der Waals surface area contributed by atoms with Gasteiger partial charge in [0.25, 0.3) is 5.69 Å². The Balaban J connectivity index is 1.31. The van der Waals surface area contributed by atoms with E-state index in [2.05, 4.69) is 16.3 Å². The number of amides is 1. The van der Waals surface area contributed by atoms with Gasteiger partial charge in [0.15, 0.2) is 23.4 Å². The number of nitrogens with zero attached hydrogens (tertiary/aromatic N) is 2. The summed E-state index contributed by atoms with van der Waals surface area (Å²) in [6, 6.07) is 10.0. The summed E-state index contributed by atoms with van der Waals surface area (Å²) in [7, 11) is 1.60. The first kappa shape index (κ1) is 24.1. The molecule has 2 aliphatic heterocycles. The zero-order valence-electron chi connectivity index (χ0n) is 21.6. The van der Waals surface area contributed by atoms with E-state index in [0.29, 0.717) is 29.4 Å². The molecule has 1 amide bonds. The van der Waals surface area contributed by atoms with Gasteiger partial charge in [0.1, 0.15) is 0 Å². The first-order chi connectivity index (χ1) is 18.9. The molecule has 2 fully saturated rings. The number of carbonyl (C=O) groups is 2. The fourth-order valence-corrected chi connectivity index (χ4v) is 7.41. The third kappa shape index (κ3) is 3.42. The fraction of sp³-hybridized carbons (Fsp3) is 0.400. The van der Waals surface area contributed by atoms with Gasteiger partial charge in [0.2, 0.25) is 5.91 Å². The van der Waals surface area contributed by atoms with Crippen molar-refractivity contribution in [1.29, 1.82) is 0 Å². The molecule has 200 valence electrons. The van der Waals surface area contributed by atoms with Gasteiger partial charge in [-0.1, -0.05) is 12.1 Å². The number of methoxy groups -OCH3 is 1. The number of carbonyl (C=O) groups excluding carboxylic acids is 2. The van der Waals surface area contributed by atoms with E-state index in [1.165, 1.54) is 31.1 Å². The zero-order valence-corrected chi connectivity index (χ0v) is 21.6. The minimum atomic E-state index is -0.847. The number of nitrogens with one attached hydrogen (secondary N) is 1. The van der Waals surface area contributed by atoms with E-state index >= 15 is 0 Å². The number of nitro groups is 1. The van der Waals surface area contributed by atoms with E-state index in [0.717, 1.165) is 30.6 Å². The van der Waals surface area contributed by atoms with Crippen molar-refractivity contribution in [3.05, 3.63) is 81.4 Å². The molecule has 3 aliphatic carbocycles. The maximum atomic E-state index is 13.6. The van der Waals surface area contributed by atoms with Gasteiger partial charge in [-0.2, -0.15) is 0 Å². The first-order valence-corrected chi connectivity index (χ1v) is 13.4. The van der Waals surface area contributed by atoms with Crippen LogP contribution in [0.15, 0.2) is 54.6 Å². The smallest absolute Gasteiger partial charge is 0.269 e. The molecule has 0 aromatic heterocycles. The van der Waals surface area contributed by atoms with Crippen molar-refractivity contribution in [2.45, 2.75) is 48.8 Å². The molecule has 2 bridgehead atoms. The van der Waals surface area contributed by atoms with E-state index in [1.807, 2.05) is 12.1 Å². The molecule has 0 radical (unpaired) electrons. The van der Waals surface area contributed by atoms with Gasteiger partial charge in [0, 0.05) is 36.4 Å². The number of hydrogen-bond donors (Lipinski definition) is 1. The zero-order chi connectivity index (χ0) is 26.9. The van der Waals surface area contributed by atoms with Crippen LogP contribution < -0.4 is 14.8 Å². The van der Waals surface area contributed by atoms with Crippen LogP contribution in [0.4, 0.5) is 5.69 Å². The summed E-state index contributed by atoms with van der Waals surface area (Å²) < 4.78 is 12.1. The lowest BCUT2D eigenvalue weighted by Crippen LogP contribution is -2.80. The number of benzene rings is 2. The van der Waals surface area contributed by atoms with E-state index in [1.54, 1.807) is 31.4 Å². The molecule has 9 heteroatoms. The average molecular weight is 528 g/mol. The van der Waals surface area contributed by atoms with Gasteiger partial charge in [-0.05, 0) is 79.6 Å². The number of rotatable bonds is 7. The predicted octanol–water partition coefficient (Wildman–Crippen LogP) is 3.35. The maximum absolute atomic E-state index is 13.6. The van der Waals surface area contributed by atoms with Crippen LogP contribution in [0.1, 0.15) is 36.0 Å². The molecule has 7 rings (SSSR count). The molecule has 2 heterocycles. The first-order valence-electron chi connectivity index (χ1n) is 13.4. The Kier molecular flexibility index (Phi) is 5.26. The van der Waals surface area contributed by atoms with E-state index < -0.39 is 22.0 Å². The van der Waals surface area contributed by atoms with Crippen LogP contribution in [0.2, 0.25) is 0 Å². The third-order valence-corrected chi connectivity index (χ3v) is 9.29. The number of non-ortho nitro benzene ring substituents is 1. The van der Waals surface area contributed by atoms with Crippen LogP contribution in [0.25, 0.3) is 6.08 Å². The van der Waals surface area contributed by atoms with Crippen LogP contribution in [-0.2, 0) is 21.4 Å². The second kappa shape index (κ2) is 8.51. The highest BCUT2D eigenvalue weighted by Crippen LogP contribution is 2.63. The van der Waals surface area contributed by atoms with E-state index in [9.17, 15) is 19.7 Å². The van der Waals surface area contributed by atoms with E-state index in [-0.39, 0.29) is 23.4 Å². The standard InChI is InChI=1S/C30H29N3O6/c1-38-23-10-7-20-16-24-30(31-25(35)11-6-18-4-8-21(9-5-18)33(36)37)13-12-22(34)28-29(30,26(20)27(23)39-28)14-15-32(24)17-19-2-3-19/h4-13,19,24,28H,2-3,14-17H2,1H3,(H,31,35)/b11-6+/t24?,28-,29?,30+/m0/s1. The van der Waals surface area contributed by atoms with Crippen LogP contribution in [0.5, 0.6) is 11.5 Å². The number of hydrogen-bond acceptors (Lipinski definition) is 7. The Morgan fingerprint density at radius 2 is 2.05 bits per heavy atom. The summed E-state index contributed by atoms with van der Waals surface area (Å²) in [5, 5.41) is 14.4. The van der Waals surface area contributed by atoms with Crippen LogP contribution in [0.3, 0.4) is 0 Å². The molecule has 2 aromatic rings. The normalized spacial score (nSPS) is 30.1. The highest BCUT2D eigenvalue weighted by atomic mass is 16.6. The molecule has 4 atom stereocenters. The van der Waals surface area contributed by atoms with Gasteiger partial charge < -0.3 is 14.8 Å². The van der Waals surface area contributed by atoms with Gasteiger partial charge >= 0.3 is 0 Å². The lowest BCUT2D eigenvalue weighted by Gasteiger charge is -2.63. The topological polar surface area (TPSA) is 111 Å². The summed E-state index contributed by atoms with van der Waals surface area (Å²) in [4.78, 5) is 40.0. The Bertz CT molecular complexity index is 1460. The molecule has 9 nitrogen and oxygen atoms in total. The minimum Gasteiger partial charge on any atom is -0.493 e. The molecular weight excluding hydrogens is 498 g/mol. The fourth-order valence-electron chi connectivity index (χ4n) is 7.41. The molecule has 39 heavy (non-hydrogen) atoms. The summed E-state index contributed by atoms with van der Waals surface area (Å²) in [5.41, 5.74) is 1.23. The van der Waals surface area contributed by atoms with Gasteiger partial charge in [0.05, 0.1) is 23.0 Å². The Labute approximate surface area is 225 Å². The van der Waals surface area contributed by atoms with Crippen LogP contribution in [-0.4, -0.2) is 59.4 Å². The number of ether oxygens (including phenoxy) is 2. The van der Waals surface area contributed by atoms with Crippen molar-refractivity contribution >= 4 is 23.5 Å². The van der Waals surface area contributed by atoms with Crippen molar-refractivity contribution in [2.75, 3.05) is 20.2 Å². The Hall–Kier alpha value is -3.98. The number of ketones is 1. The van der Waals surface area contributed by atoms with Gasteiger partial charge in [-0.15, -0.1) is 0 Å². The quantitative estimate of drug-likeness (QED) is 0.334. The van der Waals surface area contributed by atoms with Crippen molar-refractivity contribution < 1.29 is 24.0 Å². The molecule has 2 unspecified atom stereocenters. The monoisotopic (exact) mass is 527 g/mol. The maximum Gasteiger partial charge on any atom is 0.269 e. The molecule has 1 saturated carbocycles. The third-order valence-electron chi connectivity index (χ3n) is 9.29. The highest BCUT2D eigenvalue weighted by Gasteiger charge is 2.72. The number of nitro benzene ring substituents is 1. The molecular formula is C30H29N3O6. The minimum absolute atomic E-state index is 0.00504. The molecule has 2 aromatic carbocycles. The average Bonchev–Trinajstić information content (AvgIpc) is 3.68. The highest BCUT2D eigenvalue weighted by molar-refractivity contribution is 6.00. The summed E-state index contributed by atoms with van der Waals surface area (Å²) >= 11 is 0. The summed E-state index contributed by atoms with van der Waals surface area (Å²) in [6.45, 7) is 1.80. The molecule has 1 N–H and O–H groups in total. The predicted molar refractivity (Wildman–Crippen MR) is 143 cm³/mol. The largest absolute Gasteiger partial charge is 0.493 e. The van der Waals surface area contributed by atoms with Gasteiger partial charge in [-0.3, -0.25) is 24.6 Å². The SMILES string of the molecule is COc1ccc2c3c1O[C@H]1C(=O)C=C[C@@]4(NC(=O)/C=C/c5ccc([N+](=O)[O-])cc5)C(C2)N(CC2CC2)CCC314. The summed E-state index contributed by atoms with van der Waals surface area (Å²) in [5.74, 6) is 1.51. The molecule has 5 aliphatic rings. The van der Waals surface area contributed by atoms with Crippen LogP contribution >= 0.6 is 0 Å². The number of piperidine rings is 1. The second-order valence-corrected chi connectivity index (χ2v) is 11.3. The second-order valence-electron chi connectivity index (χ2n) is 11.3. The van der Waals surface area contributed by atoms with Crippen molar-refractivity contribution in [1.82, 2.24) is 10.2 Å². The van der Waals surface area contributed by atoms with Crippen molar-refractivity contribution in [2.24, 2.45) is 5.92 Å². The molecule has 1 saturated heterocycles. The summed E-state index contributed by atoms with van der Waals surface area (Å²) in [6.07, 6.45) is 9.73. The lowest BCUT2D eigenvalue weighted by atomic mass is 9.49. The Morgan fingerprint density at radius 3 is 2.77 bits per heavy atom. The van der Waals surface area contributed by atoms with Crippen molar-refractivity contribution in [3.8, 4) is 11.5 Å².